The molecule has 1 aromatic heterocycles. The van der Waals surface area contributed by atoms with Crippen LogP contribution in [0.3, 0.4) is 0 Å². The lowest BCUT2D eigenvalue weighted by Gasteiger charge is -2.04. The first-order valence-electron chi connectivity index (χ1n) is 10.5. The van der Waals surface area contributed by atoms with E-state index in [1.807, 2.05) is 31.2 Å². The summed E-state index contributed by atoms with van der Waals surface area (Å²) in [4.78, 5) is 17.1. The van der Waals surface area contributed by atoms with E-state index < -0.39 is 5.97 Å². The molecule has 5 nitrogen and oxygen atoms in total. The van der Waals surface area contributed by atoms with Crippen LogP contribution in [-0.2, 0) is 16.2 Å². The van der Waals surface area contributed by atoms with E-state index in [1.54, 1.807) is 11.8 Å². The highest BCUT2D eigenvalue weighted by atomic mass is 32.2. The van der Waals surface area contributed by atoms with Gasteiger partial charge in [-0.3, -0.25) is 0 Å². The molecule has 1 aliphatic rings. The molecule has 3 aromatic carbocycles. The second-order valence-electron chi connectivity index (χ2n) is 7.63. The number of ether oxygens (including phenoxy) is 1. The van der Waals surface area contributed by atoms with Gasteiger partial charge in [0.05, 0.1) is 10.6 Å². The molecule has 6 heteroatoms. The van der Waals surface area contributed by atoms with Crippen LogP contribution in [0.1, 0.15) is 31.9 Å². The summed E-state index contributed by atoms with van der Waals surface area (Å²) in [6, 6.07) is 20.8. The van der Waals surface area contributed by atoms with Crippen LogP contribution in [0.5, 0.6) is 5.75 Å². The molecule has 0 bridgehead atoms. The van der Waals surface area contributed by atoms with Crippen molar-refractivity contribution in [3.05, 3.63) is 76.9 Å². The molecule has 0 atom stereocenters. The molecule has 0 spiro atoms. The summed E-state index contributed by atoms with van der Waals surface area (Å²) in [5, 5.41) is 7.12. The molecule has 32 heavy (non-hydrogen) atoms. The van der Waals surface area contributed by atoms with Crippen molar-refractivity contribution in [3.63, 3.8) is 0 Å². The number of fused-ring (bicyclic) bond motifs is 4. The number of aromatic nitrogens is 1. The summed E-state index contributed by atoms with van der Waals surface area (Å²) in [6.45, 7) is 6.20. The Morgan fingerprint density at radius 3 is 2.56 bits per heavy atom. The van der Waals surface area contributed by atoms with Crippen LogP contribution >= 0.6 is 11.8 Å². The Bertz CT molecular complexity index is 1410. The first-order valence-corrected chi connectivity index (χ1v) is 11.3. The third kappa shape index (κ3) is 3.67. The number of aryl methyl sites for hydroxylation is 1. The number of carbonyl (C=O) groups excluding carboxylic acids is 1. The zero-order valence-electron chi connectivity index (χ0n) is 18.1. The van der Waals surface area contributed by atoms with Gasteiger partial charge in [0.1, 0.15) is 5.75 Å². The molecule has 5 rings (SSSR count). The maximum absolute atomic E-state index is 11.1. The maximum Gasteiger partial charge on any atom is 0.331 e. The van der Waals surface area contributed by atoms with Crippen molar-refractivity contribution >= 4 is 51.3 Å². The quantitative estimate of drug-likeness (QED) is 0.203. The van der Waals surface area contributed by atoms with Crippen LogP contribution in [0.2, 0.25) is 0 Å². The largest absolute Gasteiger partial charge is 0.449 e. The number of carbonyl (C=O) groups is 1. The fraction of sp³-hybridized carbons (Fsp3) is 0.154. The predicted octanol–water partition coefficient (Wildman–Crippen LogP) is 6.58. The van der Waals surface area contributed by atoms with E-state index >= 15 is 0 Å². The van der Waals surface area contributed by atoms with Crippen molar-refractivity contribution < 1.29 is 14.4 Å². The van der Waals surface area contributed by atoms with Gasteiger partial charge in [-0.15, -0.1) is 0 Å². The minimum Gasteiger partial charge on any atom is -0.449 e. The molecule has 0 N–H and O–H groups in total. The standard InChI is InChI=1S/C26H22N2O3S/c1-4-28-22-11-9-18(14-26-30-24-7-5-6-8-25(24)32-26)13-20(22)21-15-19(10-12-23(21)28)16(2)27-31-17(3)29/h5-15H,4H2,1-3H3/b26-14+,27-16+. The first-order chi connectivity index (χ1) is 15.5. The Morgan fingerprint density at radius 1 is 1.06 bits per heavy atom. The average Bonchev–Trinajstić information content (AvgIpc) is 3.34. The average molecular weight is 443 g/mol. The number of benzene rings is 3. The van der Waals surface area contributed by atoms with Gasteiger partial charge in [-0.1, -0.05) is 29.4 Å². The van der Waals surface area contributed by atoms with Gasteiger partial charge in [-0.2, -0.15) is 0 Å². The van der Waals surface area contributed by atoms with Crippen molar-refractivity contribution in [3.8, 4) is 5.75 Å². The van der Waals surface area contributed by atoms with E-state index in [9.17, 15) is 4.79 Å². The van der Waals surface area contributed by atoms with Gasteiger partial charge in [0.15, 0.2) is 5.09 Å². The van der Waals surface area contributed by atoms with Gasteiger partial charge in [0.2, 0.25) is 0 Å². The highest BCUT2D eigenvalue weighted by Gasteiger charge is 2.18. The van der Waals surface area contributed by atoms with E-state index in [2.05, 4.69) is 59.1 Å². The molecular formula is C26H22N2O3S. The van der Waals surface area contributed by atoms with Crippen LogP contribution in [0.25, 0.3) is 27.9 Å². The van der Waals surface area contributed by atoms with E-state index in [0.29, 0.717) is 5.71 Å². The maximum atomic E-state index is 11.1. The van der Waals surface area contributed by atoms with E-state index in [4.69, 9.17) is 9.57 Å². The van der Waals surface area contributed by atoms with Crippen molar-refractivity contribution in [1.29, 1.82) is 0 Å². The van der Waals surface area contributed by atoms with Crippen LogP contribution in [0.4, 0.5) is 0 Å². The number of hydrogen-bond acceptors (Lipinski definition) is 5. The van der Waals surface area contributed by atoms with Crippen molar-refractivity contribution in [1.82, 2.24) is 4.57 Å². The Kier molecular flexibility index (Phi) is 5.23. The van der Waals surface area contributed by atoms with Gasteiger partial charge in [-0.05, 0) is 79.2 Å². The number of thioether (sulfide) groups is 1. The Balaban J connectivity index is 1.59. The molecular weight excluding hydrogens is 420 g/mol. The fourth-order valence-electron chi connectivity index (χ4n) is 4.01. The lowest BCUT2D eigenvalue weighted by molar-refractivity contribution is -0.140. The number of hydrogen-bond donors (Lipinski definition) is 0. The van der Waals surface area contributed by atoms with Gasteiger partial charge in [0, 0.05) is 35.3 Å². The highest BCUT2D eigenvalue weighted by Crippen LogP contribution is 2.43. The van der Waals surface area contributed by atoms with Gasteiger partial charge < -0.3 is 14.1 Å². The molecule has 0 saturated carbocycles. The van der Waals surface area contributed by atoms with Crippen molar-refractivity contribution in [2.45, 2.75) is 32.2 Å². The van der Waals surface area contributed by atoms with Crippen LogP contribution in [-0.4, -0.2) is 16.2 Å². The number of rotatable bonds is 4. The monoisotopic (exact) mass is 442 g/mol. The summed E-state index contributed by atoms with van der Waals surface area (Å²) in [6.07, 6.45) is 2.08. The second kappa shape index (κ2) is 8.20. The lowest BCUT2D eigenvalue weighted by Crippen LogP contribution is -1.99. The zero-order chi connectivity index (χ0) is 22.2. The molecule has 160 valence electrons. The fourth-order valence-corrected chi connectivity index (χ4v) is 4.91. The molecule has 2 heterocycles. The number of para-hydroxylation sites is 1. The molecule has 4 aromatic rings. The van der Waals surface area contributed by atoms with Crippen molar-refractivity contribution in [2.75, 3.05) is 0 Å². The smallest absolute Gasteiger partial charge is 0.331 e. The Hall–Kier alpha value is -3.51. The van der Waals surface area contributed by atoms with Gasteiger partial charge in [-0.25, -0.2) is 4.79 Å². The second-order valence-corrected chi connectivity index (χ2v) is 8.67. The topological polar surface area (TPSA) is 52.8 Å². The van der Waals surface area contributed by atoms with Crippen molar-refractivity contribution in [2.24, 2.45) is 5.16 Å². The van der Waals surface area contributed by atoms with Gasteiger partial charge in [0.25, 0.3) is 0 Å². The normalized spacial score (nSPS) is 14.7. The molecule has 0 saturated heterocycles. The summed E-state index contributed by atoms with van der Waals surface area (Å²) in [5.41, 5.74) is 5.00. The van der Waals surface area contributed by atoms with Crippen LogP contribution in [0, 0.1) is 0 Å². The van der Waals surface area contributed by atoms with E-state index in [-0.39, 0.29) is 0 Å². The van der Waals surface area contributed by atoms with E-state index in [1.165, 1.54) is 17.8 Å². The molecule has 0 fully saturated rings. The van der Waals surface area contributed by atoms with E-state index in [0.717, 1.165) is 44.3 Å². The van der Waals surface area contributed by atoms with Crippen LogP contribution < -0.4 is 4.74 Å². The zero-order valence-corrected chi connectivity index (χ0v) is 18.9. The number of nitrogens with zero attached hydrogens (tertiary/aromatic N) is 2. The number of oxime groups is 1. The predicted molar refractivity (Wildman–Crippen MR) is 130 cm³/mol. The third-order valence-corrected chi connectivity index (χ3v) is 6.45. The Morgan fingerprint density at radius 2 is 1.81 bits per heavy atom. The SMILES string of the molecule is CCn1c2ccc(/C=C3\Oc4ccccc4S3)cc2c2cc(/C(C)=N/OC(C)=O)ccc21. The van der Waals surface area contributed by atoms with Gasteiger partial charge >= 0.3 is 5.97 Å². The minimum absolute atomic E-state index is 0.431. The summed E-state index contributed by atoms with van der Waals surface area (Å²) in [7, 11) is 0. The summed E-state index contributed by atoms with van der Waals surface area (Å²) < 4.78 is 8.30. The molecule has 0 unspecified atom stereocenters. The third-order valence-electron chi connectivity index (χ3n) is 5.49. The molecule has 0 aliphatic carbocycles. The molecule has 0 amide bonds. The Labute approximate surface area is 190 Å². The highest BCUT2D eigenvalue weighted by molar-refractivity contribution is 8.03. The molecule has 1 aliphatic heterocycles. The summed E-state index contributed by atoms with van der Waals surface area (Å²) in [5.74, 6) is 0.472. The van der Waals surface area contributed by atoms with Crippen LogP contribution in [0.15, 0.2) is 75.8 Å². The molecule has 0 radical (unpaired) electrons. The lowest BCUT2D eigenvalue weighted by atomic mass is 10.1. The first kappa shape index (κ1) is 20.4. The summed E-state index contributed by atoms with van der Waals surface area (Å²) >= 11 is 1.64. The minimum atomic E-state index is -0.431.